The van der Waals surface area contributed by atoms with E-state index in [-0.39, 0.29) is 0 Å². The van der Waals surface area contributed by atoms with Crippen LogP contribution in [0.25, 0.3) is 0 Å². The molecule has 0 rings (SSSR count). The second-order valence-electron chi connectivity index (χ2n) is 9.38. The fourth-order valence-electron chi connectivity index (χ4n) is 2.92. The summed E-state index contributed by atoms with van der Waals surface area (Å²) in [5, 5.41) is 0. The molecule has 0 spiro atoms. The van der Waals surface area contributed by atoms with E-state index in [2.05, 4.69) is 0 Å². The third-order valence-electron chi connectivity index (χ3n) is 4.61. The van der Waals surface area contributed by atoms with Gasteiger partial charge in [0.05, 0.1) is 0 Å². The zero-order chi connectivity index (χ0) is 32.3. The molecule has 0 saturated carbocycles. The number of halogens is 17. The predicted octanol–water partition coefficient (Wildman–Crippen LogP) is 6.88. The van der Waals surface area contributed by atoms with Crippen LogP contribution in [0.5, 0.6) is 0 Å². The van der Waals surface area contributed by atoms with E-state index in [4.69, 9.17) is 8.23 Å². The number of hydrogen-bond acceptors (Lipinski definition) is 4. The molecule has 0 heterocycles. The molecule has 0 fully saturated rings. The molecule has 0 amide bonds. The van der Waals surface area contributed by atoms with Crippen LogP contribution in [-0.2, 0) is 8.23 Å². The average molecular weight is 673 g/mol. The van der Waals surface area contributed by atoms with Crippen molar-refractivity contribution in [3.8, 4) is 0 Å². The number of hydrogen-bond donors (Lipinski definition) is 2. The molecule has 0 aromatic rings. The van der Waals surface area contributed by atoms with Crippen LogP contribution in [0.3, 0.4) is 0 Å². The van der Waals surface area contributed by atoms with E-state index < -0.39 is 85.8 Å². The molecular weight excluding hydrogens is 651 g/mol. The largest absolute Gasteiger partial charge is 0.460 e. The van der Waals surface area contributed by atoms with Gasteiger partial charge < -0.3 is 17.8 Å². The van der Waals surface area contributed by atoms with Crippen molar-refractivity contribution in [1.82, 2.24) is 0 Å². The van der Waals surface area contributed by atoms with Crippen LogP contribution in [0.1, 0.15) is 6.42 Å². The van der Waals surface area contributed by atoms with E-state index in [0.717, 1.165) is 26.2 Å². The van der Waals surface area contributed by atoms with Crippen molar-refractivity contribution in [3.05, 3.63) is 0 Å². The van der Waals surface area contributed by atoms with Gasteiger partial charge in [0.15, 0.2) is 0 Å². The molecule has 236 valence electrons. The molecule has 0 aliphatic carbocycles. The Balaban J connectivity index is 6.63. The van der Waals surface area contributed by atoms with Crippen LogP contribution in [-0.4, -0.2) is 82.9 Å². The molecular formula is C15H21F17O4Si3. The van der Waals surface area contributed by atoms with Crippen LogP contribution >= 0.6 is 0 Å². The summed E-state index contributed by atoms with van der Waals surface area (Å²) in [4.78, 5) is 19.6. The second-order valence-corrected chi connectivity index (χ2v) is 19.6. The van der Waals surface area contributed by atoms with Crippen molar-refractivity contribution in [1.29, 1.82) is 0 Å². The van der Waals surface area contributed by atoms with Crippen LogP contribution in [0.4, 0.5) is 74.6 Å². The molecule has 0 aliphatic rings. The summed E-state index contributed by atoms with van der Waals surface area (Å²) in [7, 11) is -12.3. The molecule has 2 N–H and O–H groups in total. The van der Waals surface area contributed by atoms with Gasteiger partial charge in [0.2, 0.25) is 0 Å². The summed E-state index contributed by atoms with van der Waals surface area (Å²) < 4.78 is 238. The van der Waals surface area contributed by atoms with E-state index >= 15 is 0 Å². The molecule has 0 atom stereocenters. The molecule has 0 aromatic heterocycles. The quantitative estimate of drug-likeness (QED) is 0.166. The minimum atomic E-state index is -8.70. The van der Waals surface area contributed by atoms with Gasteiger partial charge in [-0.3, -0.25) is 0 Å². The Bertz CT molecular complexity index is 849. The van der Waals surface area contributed by atoms with Crippen LogP contribution in [0, 0.1) is 0 Å². The van der Waals surface area contributed by atoms with Crippen molar-refractivity contribution >= 4 is 25.7 Å². The first-order valence-corrected chi connectivity index (χ1v) is 18.2. The smallest absolute Gasteiger partial charge is 0.415 e. The Morgan fingerprint density at radius 1 is 0.462 bits per heavy atom. The van der Waals surface area contributed by atoms with Gasteiger partial charge in [-0.05, 0) is 38.8 Å². The first-order chi connectivity index (χ1) is 16.4. The zero-order valence-corrected chi connectivity index (χ0v) is 23.1. The van der Waals surface area contributed by atoms with E-state index in [0.29, 0.717) is 6.55 Å². The second kappa shape index (κ2) is 10.2. The van der Waals surface area contributed by atoms with Crippen molar-refractivity contribution in [2.45, 2.75) is 92.8 Å². The summed E-state index contributed by atoms with van der Waals surface area (Å²) in [6.07, 6.45) is -10.6. The van der Waals surface area contributed by atoms with E-state index in [9.17, 15) is 84.2 Å². The van der Waals surface area contributed by atoms with Gasteiger partial charge in [0.1, 0.15) is 0 Å². The first kappa shape index (κ1) is 38.3. The monoisotopic (exact) mass is 672 g/mol. The average Bonchev–Trinajstić information content (AvgIpc) is 2.61. The highest BCUT2D eigenvalue weighted by molar-refractivity contribution is 6.84. The molecule has 4 nitrogen and oxygen atoms in total. The number of rotatable bonds is 13. The lowest BCUT2D eigenvalue weighted by Gasteiger charge is -2.43. The molecule has 0 aromatic carbocycles. The maximum Gasteiger partial charge on any atom is 0.460 e. The molecule has 0 saturated heterocycles. The molecule has 0 aliphatic heterocycles. The Kier molecular flexibility index (Phi) is 10.1. The van der Waals surface area contributed by atoms with Crippen LogP contribution in [0.2, 0.25) is 38.8 Å². The van der Waals surface area contributed by atoms with Crippen molar-refractivity contribution < 1.29 is 92.5 Å². The lowest BCUT2D eigenvalue weighted by atomic mass is 9.88. The van der Waals surface area contributed by atoms with Crippen molar-refractivity contribution in [2.75, 3.05) is 0 Å². The highest BCUT2D eigenvalue weighted by Gasteiger charge is 2.95. The fraction of sp³-hybridized carbons (Fsp3) is 1.00. The minimum Gasteiger partial charge on any atom is -0.415 e. The summed E-state index contributed by atoms with van der Waals surface area (Å²) >= 11 is 0. The standard InChI is InChI=1S/C15H21F17O4Si3/c1-37(2,33)35-39(5,36-38(3,4)34)7-6-8(16,17)9(18,19)10(20,21)11(22,23)12(24,25)13(26,27)14(28,29)15(30,31)32/h33-34H,6-7H2,1-5H3. The van der Waals surface area contributed by atoms with Crippen molar-refractivity contribution in [3.63, 3.8) is 0 Å². The Morgan fingerprint density at radius 2 is 0.718 bits per heavy atom. The maximum atomic E-state index is 14.2. The molecule has 24 heteroatoms. The van der Waals surface area contributed by atoms with E-state index in [1.165, 1.54) is 0 Å². The summed E-state index contributed by atoms with van der Waals surface area (Å²) in [5.41, 5.74) is 0. The van der Waals surface area contributed by atoms with Gasteiger partial charge in [0, 0.05) is 6.42 Å². The van der Waals surface area contributed by atoms with Crippen LogP contribution in [0.15, 0.2) is 0 Å². The molecule has 0 unspecified atom stereocenters. The SMILES string of the molecule is C[Si](C)(O)O[Si](C)(CCC(F)(F)C(F)(F)C(F)(F)C(F)(F)C(F)(F)C(F)(F)C(F)(F)C(F)(F)F)O[Si](C)(C)O. The molecule has 0 bridgehead atoms. The van der Waals surface area contributed by atoms with Gasteiger partial charge in [0.25, 0.3) is 0 Å². The van der Waals surface area contributed by atoms with Gasteiger partial charge in [-0.1, -0.05) is 0 Å². The lowest BCUT2D eigenvalue weighted by Crippen LogP contribution is -2.74. The normalized spacial score (nSPS) is 16.6. The van der Waals surface area contributed by atoms with Gasteiger partial charge >= 0.3 is 73.3 Å². The topological polar surface area (TPSA) is 58.9 Å². The summed E-state index contributed by atoms with van der Waals surface area (Å²) in [6, 6.07) is -1.68. The summed E-state index contributed by atoms with van der Waals surface area (Å²) in [6.45, 7) is 4.46. The Morgan fingerprint density at radius 3 is 0.974 bits per heavy atom. The fourth-order valence-corrected chi connectivity index (χ4v) is 13.5. The predicted molar refractivity (Wildman–Crippen MR) is 103 cm³/mol. The van der Waals surface area contributed by atoms with E-state index in [1.807, 2.05) is 0 Å². The van der Waals surface area contributed by atoms with E-state index in [1.54, 1.807) is 0 Å². The van der Waals surface area contributed by atoms with Crippen molar-refractivity contribution in [2.24, 2.45) is 0 Å². The van der Waals surface area contributed by atoms with Gasteiger partial charge in [-0.15, -0.1) is 0 Å². The first-order valence-electron chi connectivity index (χ1n) is 9.93. The van der Waals surface area contributed by atoms with Gasteiger partial charge in [-0.2, -0.15) is 74.6 Å². The highest BCUT2D eigenvalue weighted by Crippen LogP contribution is 2.64. The third kappa shape index (κ3) is 7.03. The third-order valence-corrected chi connectivity index (χ3v) is 13.2. The Labute approximate surface area is 211 Å². The van der Waals surface area contributed by atoms with Gasteiger partial charge in [-0.25, -0.2) is 0 Å². The minimum absolute atomic E-state index is 0.706. The molecule has 39 heavy (non-hydrogen) atoms. The Hall–Kier alpha value is -0.699. The summed E-state index contributed by atoms with van der Waals surface area (Å²) in [5.74, 6) is -57.0. The molecule has 0 radical (unpaired) electrons. The maximum absolute atomic E-state index is 14.2. The number of alkyl halides is 17. The lowest BCUT2D eigenvalue weighted by molar-refractivity contribution is -0.461. The zero-order valence-electron chi connectivity index (χ0n) is 20.1. The highest BCUT2D eigenvalue weighted by atomic mass is 28.5. The van der Waals surface area contributed by atoms with Crippen LogP contribution < -0.4 is 0 Å².